The van der Waals surface area contributed by atoms with Gasteiger partial charge in [-0.3, -0.25) is 9.78 Å². The summed E-state index contributed by atoms with van der Waals surface area (Å²) >= 11 is 5.02. The number of hydrogen-bond acceptors (Lipinski definition) is 3. The van der Waals surface area contributed by atoms with Gasteiger partial charge in [-0.15, -0.1) is 0 Å². The van der Waals surface area contributed by atoms with Crippen LogP contribution in [0, 0.1) is 4.77 Å². The molecule has 4 nitrogen and oxygen atoms in total. The van der Waals surface area contributed by atoms with Gasteiger partial charge in [-0.1, -0.05) is 26.0 Å². The minimum atomic E-state index is -0.115. The molecule has 0 aliphatic rings. The van der Waals surface area contributed by atoms with Crippen LogP contribution >= 0.6 is 12.2 Å². The van der Waals surface area contributed by atoms with Gasteiger partial charge in [0.25, 0.3) is 5.56 Å². The van der Waals surface area contributed by atoms with Crippen LogP contribution in [0.4, 0.5) is 0 Å². The first-order valence-electron chi connectivity index (χ1n) is 7.20. The second kappa shape index (κ2) is 7.22. The quantitative estimate of drug-likeness (QED) is 0.804. The normalized spacial score (nSPS) is 10.6. The van der Waals surface area contributed by atoms with E-state index in [1.54, 1.807) is 0 Å². The maximum absolute atomic E-state index is 12.1. The van der Waals surface area contributed by atoms with E-state index < -0.39 is 0 Å². The van der Waals surface area contributed by atoms with Gasteiger partial charge in [0.1, 0.15) is 5.75 Å². The summed E-state index contributed by atoms with van der Waals surface area (Å²) < 4.78 is 6.00. The first-order valence-corrected chi connectivity index (χ1v) is 7.61. The highest BCUT2D eigenvalue weighted by molar-refractivity contribution is 7.71. The lowest BCUT2D eigenvalue weighted by Crippen LogP contribution is -2.18. The molecule has 1 heterocycles. The second-order valence-corrected chi connectivity index (χ2v) is 5.30. The molecule has 0 fully saturated rings. The van der Waals surface area contributed by atoms with E-state index in [4.69, 9.17) is 17.0 Å². The van der Waals surface area contributed by atoms with Crippen LogP contribution in [0.2, 0.25) is 0 Å². The van der Waals surface area contributed by atoms with E-state index >= 15 is 0 Å². The van der Waals surface area contributed by atoms with Gasteiger partial charge in [0.2, 0.25) is 0 Å². The Hall–Kier alpha value is -1.88. The minimum absolute atomic E-state index is 0.115. The van der Waals surface area contributed by atoms with Crippen molar-refractivity contribution in [2.24, 2.45) is 0 Å². The molecule has 1 aromatic carbocycles. The Bertz CT molecular complexity index is 719. The van der Waals surface area contributed by atoms with Crippen LogP contribution in [0.5, 0.6) is 5.75 Å². The van der Waals surface area contributed by atoms with Gasteiger partial charge >= 0.3 is 0 Å². The van der Waals surface area contributed by atoms with Crippen molar-refractivity contribution < 1.29 is 4.74 Å². The maximum Gasteiger partial charge on any atom is 0.255 e. The Labute approximate surface area is 129 Å². The third-order valence-electron chi connectivity index (χ3n) is 3.24. The zero-order chi connectivity index (χ0) is 15.2. The SMILES string of the molecule is CCCOc1cccc(Cc2c(CC)[nH]c(=S)[nH]c2=O)c1. The van der Waals surface area contributed by atoms with Crippen molar-refractivity contribution in [1.82, 2.24) is 9.97 Å². The summed E-state index contributed by atoms with van der Waals surface area (Å²) in [6.07, 6.45) is 2.28. The predicted octanol–water partition coefficient (Wildman–Crippen LogP) is 3.37. The molecule has 0 saturated carbocycles. The first-order chi connectivity index (χ1) is 10.1. The van der Waals surface area contributed by atoms with Crippen molar-refractivity contribution in [2.45, 2.75) is 33.1 Å². The molecule has 2 rings (SSSR count). The Morgan fingerprint density at radius 2 is 2.05 bits per heavy atom. The van der Waals surface area contributed by atoms with Crippen molar-refractivity contribution in [2.75, 3.05) is 6.61 Å². The Balaban J connectivity index is 2.30. The molecule has 2 aromatic rings. The van der Waals surface area contributed by atoms with Crippen molar-refractivity contribution >= 4 is 12.2 Å². The standard InChI is InChI=1S/C16H20N2O2S/c1-3-8-20-12-7-5-6-11(9-12)10-13-14(4-2)17-16(21)18-15(13)19/h5-7,9H,3-4,8,10H2,1-2H3,(H2,17,18,19,21). The Morgan fingerprint density at radius 3 is 2.76 bits per heavy atom. The molecule has 0 amide bonds. The van der Waals surface area contributed by atoms with E-state index in [0.717, 1.165) is 35.4 Å². The summed E-state index contributed by atoms with van der Waals surface area (Å²) in [5.74, 6) is 0.840. The van der Waals surface area contributed by atoms with Crippen LogP contribution < -0.4 is 10.3 Å². The number of H-pyrrole nitrogens is 2. The molecule has 0 spiro atoms. The summed E-state index contributed by atoms with van der Waals surface area (Å²) in [5, 5.41) is 0. The zero-order valence-electron chi connectivity index (χ0n) is 12.4. The average molecular weight is 304 g/mol. The van der Waals surface area contributed by atoms with Crippen LogP contribution in [0.1, 0.15) is 37.1 Å². The minimum Gasteiger partial charge on any atom is -0.494 e. The highest BCUT2D eigenvalue weighted by Gasteiger charge is 2.08. The van der Waals surface area contributed by atoms with Gasteiger partial charge in [-0.05, 0) is 42.8 Å². The average Bonchev–Trinajstić information content (AvgIpc) is 2.48. The molecule has 0 atom stereocenters. The summed E-state index contributed by atoms with van der Waals surface area (Å²) in [7, 11) is 0. The fraction of sp³-hybridized carbons (Fsp3) is 0.375. The van der Waals surface area contributed by atoms with Gasteiger partial charge in [-0.25, -0.2) is 0 Å². The highest BCUT2D eigenvalue weighted by Crippen LogP contribution is 2.16. The van der Waals surface area contributed by atoms with Crippen molar-refractivity contribution in [3.05, 3.63) is 56.2 Å². The molecular weight excluding hydrogens is 284 g/mol. The zero-order valence-corrected chi connectivity index (χ0v) is 13.2. The molecule has 0 unspecified atom stereocenters. The first kappa shape index (κ1) is 15.5. The topological polar surface area (TPSA) is 57.9 Å². The van der Waals surface area contributed by atoms with Crippen molar-refractivity contribution in [3.63, 3.8) is 0 Å². The van der Waals surface area contributed by atoms with Crippen LogP contribution in [-0.4, -0.2) is 16.6 Å². The molecule has 21 heavy (non-hydrogen) atoms. The number of aryl methyl sites for hydroxylation is 1. The molecule has 5 heteroatoms. The maximum atomic E-state index is 12.1. The summed E-state index contributed by atoms with van der Waals surface area (Å²) in [5.41, 5.74) is 2.56. The third-order valence-corrected chi connectivity index (χ3v) is 3.44. The van der Waals surface area contributed by atoms with Crippen molar-refractivity contribution in [3.8, 4) is 5.75 Å². The van der Waals surface area contributed by atoms with E-state index in [-0.39, 0.29) is 5.56 Å². The van der Waals surface area contributed by atoms with Gasteiger partial charge in [0, 0.05) is 17.7 Å². The molecule has 112 valence electrons. The molecule has 0 aliphatic carbocycles. The van der Waals surface area contributed by atoms with Crippen LogP contribution in [0.25, 0.3) is 0 Å². The third kappa shape index (κ3) is 4.04. The van der Waals surface area contributed by atoms with Crippen LogP contribution in [0.15, 0.2) is 29.1 Å². The van der Waals surface area contributed by atoms with E-state index in [1.807, 2.05) is 31.2 Å². The van der Waals surface area contributed by atoms with Gasteiger partial charge in [0.15, 0.2) is 4.77 Å². The fourth-order valence-corrected chi connectivity index (χ4v) is 2.43. The number of benzene rings is 1. The van der Waals surface area contributed by atoms with E-state index in [9.17, 15) is 4.79 Å². The lowest BCUT2D eigenvalue weighted by Gasteiger charge is -2.09. The Morgan fingerprint density at radius 1 is 1.24 bits per heavy atom. The highest BCUT2D eigenvalue weighted by atomic mass is 32.1. The van der Waals surface area contributed by atoms with E-state index in [0.29, 0.717) is 17.8 Å². The molecule has 0 saturated heterocycles. The summed E-state index contributed by atoms with van der Waals surface area (Å²) in [6.45, 7) is 4.77. The van der Waals surface area contributed by atoms with Gasteiger partial charge < -0.3 is 9.72 Å². The van der Waals surface area contributed by atoms with E-state index in [2.05, 4.69) is 16.9 Å². The Kier molecular flexibility index (Phi) is 5.33. The number of rotatable bonds is 6. The second-order valence-electron chi connectivity index (χ2n) is 4.89. The number of nitrogens with one attached hydrogen (secondary N) is 2. The monoisotopic (exact) mass is 304 g/mol. The lowest BCUT2D eigenvalue weighted by atomic mass is 10.0. The molecule has 0 aliphatic heterocycles. The van der Waals surface area contributed by atoms with Crippen LogP contribution in [0.3, 0.4) is 0 Å². The van der Waals surface area contributed by atoms with Crippen molar-refractivity contribution in [1.29, 1.82) is 0 Å². The largest absolute Gasteiger partial charge is 0.494 e. The molecule has 0 bridgehead atoms. The number of ether oxygens (including phenoxy) is 1. The smallest absolute Gasteiger partial charge is 0.255 e. The summed E-state index contributed by atoms with van der Waals surface area (Å²) in [6, 6.07) is 7.86. The molecule has 2 N–H and O–H groups in total. The molecule has 0 radical (unpaired) electrons. The fourth-order valence-electron chi connectivity index (χ4n) is 2.22. The van der Waals surface area contributed by atoms with Crippen LogP contribution in [-0.2, 0) is 12.8 Å². The number of aromatic nitrogens is 2. The summed E-state index contributed by atoms with van der Waals surface area (Å²) in [4.78, 5) is 17.8. The number of aromatic amines is 2. The molecular formula is C16H20N2O2S. The van der Waals surface area contributed by atoms with Gasteiger partial charge in [0.05, 0.1) is 6.61 Å². The van der Waals surface area contributed by atoms with E-state index in [1.165, 1.54) is 0 Å². The predicted molar refractivity (Wildman–Crippen MR) is 86.7 cm³/mol. The lowest BCUT2D eigenvalue weighted by molar-refractivity contribution is 0.317. The van der Waals surface area contributed by atoms with Gasteiger partial charge in [-0.2, -0.15) is 0 Å². The molecule has 1 aromatic heterocycles. The number of hydrogen-bond donors (Lipinski definition) is 2.